The summed E-state index contributed by atoms with van der Waals surface area (Å²) in [6.07, 6.45) is 1.07. The maximum Gasteiger partial charge on any atom is 0.251 e. The molecule has 2 aromatic rings. The topological polar surface area (TPSA) is 84.5 Å². The highest BCUT2D eigenvalue weighted by Gasteiger charge is 2.10. The monoisotopic (exact) mass is 348 g/mol. The molecule has 6 nitrogen and oxygen atoms in total. The number of rotatable bonds is 7. The van der Waals surface area contributed by atoms with Crippen molar-refractivity contribution >= 4 is 21.6 Å². The molecular formula is C17H20N2O4S. The second-order valence-corrected chi connectivity index (χ2v) is 7.07. The van der Waals surface area contributed by atoms with Gasteiger partial charge in [0.05, 0.1) is 18.5 Å². The number of carbonyl (C=O) groups is 1. The van der Waals surface area contributed by atoms with E-state index in [1.54, 1.807) is 19.1 Å². The fourth-order valence-electron chi connectivity index (χ4n) is 2.03. The molecule has 128 valence electrons. The standard InChI is InChI=1S/C17H20N2O4S/c1-13-8-9-14(12-16(13)19-24(2,21)22)17(20)18-10-11-23-15-6-4-3-5-7-15/h3-9,12,19H,10-11H2,1-2H3,(H,18,20). The van der Waals surface area contributed by atoms with E-state index in [2.05, 4.69) is 10.0 Å². The van der Waals surface area contributed by atoms with Crippen molar-refractivity contribution < 1.29 is 17.9 Å². The molecule has 0 saturated carbocycles. The van der Waals surface area contributed by atoms with Gasteiger partial charge < -0.3 is 10.1 Å². The highest BCUT2D eigenvalue weighted by molar-refractivity contribution is 7.92. The molecular weight excluding hydrogens is 328 g/mol. The quantitative estimate of drug-likeness (QED) is 0.751. The summed E-state index contributed by atoms with van der Waals surface area (Å²) >= 11 is 0. The molecule has 0 saturated heterocycles. The third-order valence-corrected chi connectivity index (χ3v) is 3.79. The minimum atomic E-state index is -3.40. The first-order valence-corrected chi connectivity index (χ1v) is 9.29. The minimum Gasteiger partial charge on any atom is -0.492 e. The summed E-state index contributed by atoms with van der Waals surface area (Å²) in [5.41, 5.74) is 1.52. The maximum atomic E-state index is 12.1. The third-order valence-electron chi connectivity index (χ3n) is 3.19. The zero-order valence-corrected chi connectivity index (χ0v) is 14.4. The van der Waals surface area contributed by atoms with Gasteiger partial charge in [-0.3, -0.25) is 9.52 Å². The van der Waals surface area contributed by atoms with E-state index in [0.29, 0.717) is 24.4 Å². The summed E-state index contributed by atoms with van der Waals surface area (Å²) < 4.78 is 30.6. The molecule has 0 aliphatic carbocycles. The predicted octanol–water partition coefficient (Wildman–Crippen LogP) is 2.18. The summed E-state index contributed by atoms with van der Waals surface area (Å²) in [7, 11) is -3.40. The molecule has 7 heteroatoms. The number of sulfonamides is 1. The van der Waals surface area contributed by atoms with Gasteiger partial charge in [-0.2, -0.15) is 0 Å². The normalized spacial score (nSPS) is 10.9. The minimum absolute atomic E-state index is 0.289. The molecule has 0 bridgehead atoms. The van der Waals surface area contributed by atoms with Gasteiger partial charge in [-0.15, -0.1) is 0 Å². The van der Waals surface area contributed by atoms with E-state index >= 15 is 0 Å². The molecule has 0 heterocycles. The van der Waals surface area contributed by atoms with Crippen LogP contribution in [0.15, 0.2) is 48.5 Å². The number of benzene rings is 2. The van der Waals surface area contributed by atoms with Gasteiger partial charge in [0.15, 0.2) is 0 Å². The smallest absolute Gasteiger partial charge is 0.251 e. The van der Waals surface area contributed by atoms with E-state index < -0.39 is 10.0 Å². The number of amides is 1. The highest BCUT2D eigenvalue weighted by atomic mass is 32.2. The Balaban J connectivity index is 1.91. The average Bonchev–Trinajstić information content (AvgIpc) is 2.53. The highest BCUT2D eigenvalue weighted by Crippen LogP contribution is 2.18. The molecule has 0 aliphatic heterocycles. The van der Waals surface area contributed by atoms with E-state index in [4.69, 9.17) is 4.74 Å². The van der Waals surface area contributed by atoms with Gasteiger partial charge in [-0.05, 0) is 36.8 Å². The molecule has 0 fully saturated rings. The van der Waals surface area contributed by atoms with Crippen LogP contribution in [-0.2, 0) is 10.0 Å². The second-order valence-electron chi connectivity index (χ2n) is 5.32. The molecule has 2 N–H and O–H groups in total. The van der Waals surface area contributed by atoms with Crippen molar-refractivity contribution in [2.24, 2.45) is 0 Å². The van der Waals surface area contributed by atoms with Crippen LogP contribution in [0.1, 0.15) is 15.9 Å². The maximum absolute atomic E-state index is 12.1. The first-order chi connectivity index (χ1) is 11.3. The molecule has 0 aliphatic rings. The zero-order valence-electron chi connectivity index (χ0n) is 13.6. The SMILES string of the molecule is Cc1ccc(C(=O)NCCOc2ccccc2)cc1NS(C)(=O)=O. The molecule has 0 spiro atoms. The van der Waals surface area contributed by atoms with E-state index in [1.807, 2.05) is 30.3 Å². The summed E-state index contributed by atoms with van der Waals surface area (Å²) in [5.74, 6) is 0.449. The fourth-order valence-corrected chi connectivity index (χ4v) is 2.64. The van der Waals surface area contributed by atoms with Crippen LogP contribution in [-0.4, -0.2) is 33.7 Å². The largest absolute Gasteiger partial charge is 0.492 e. The van der Waals surface area contributed by atoms with E-state index in [9.17, 15) is 13.2 Å². The van der Waals surface area contributed by atoms with E-state index in [0.717, 1.165) is 17.6 Å². The lowest BCUT2D eigenvalue weighted by atomic mass is 10.1. The Hall–Kier alpha value is -2.54. The van der Waals surface area contributed by atoms with Crippen LogP contribution >= 0.6 is 0 Å². The van der Waals surface area contributed by atoms with E-state index in [-0.39, 0.29) is 5.91 Å². The van der Waals surface area contributed by atoms with Crippen molar-refractivity contribution in [3.8, 4) is 5.75 Å². The Bertz CT molecular complexity index is 805. The van der Waals surface area contributed by atoms with Crippen LogP contribution < -0.4 is 14.8 Å². The molecule has 2 aromatic carbocycles. The number of aryl methyl sites for hydroxylation is 1. The lowest BCUT2D eigenvalue weighted by Crippen LogP contribution is -2.28. The Morgan fingerprint density at radius 2 is 1.83 bits per heavy atom. The molecule has 1 amide bonds. The molecule has 2 rings (SSSR count). The van der Waals surface area contributed by atoms with Gasteiger partial charge in [0, 0.05) is 5.56 Å². The first-order valence-electron chi connectivity index (χ1n) is 7.39. The molecule has 0 aromatic heterocycles. The first kappa shape index (κ1) is 17.8. The number of nitrogens with one attached hydrogen (secondary N) is 2. The van der Waals surface area contributed by atoms with Gasteiger partial charge in [0.2, 0.25) is 10.0 Å². The number of para-hydroxylation sites is 1. The van der Waals surface area contributed by atoms with Crippen molar-refractivity contribution in [2.45, 2.75) is 6.92 Å². The Labute approximate surface area is 141 Å². The molecule has 24 heavy (non-hydrogen) atoms. The summed E-state index contributed by atoms with van der Waals surface area (Å²) in [6.45, 7) is 2.45. The van der Waals surface area contributed by atoms with Crippen molar-refractivity contribution in [1.82, 2.24) is 5.32 Å². The van der Waals surface area contributed by atoms with Crippen molar-refractivity contribution in [3.63, 3.8) is 0 Å². The summed E-state index contributed by atoms with van der Waals surface area (Å²) in [4.78, 5) is 12.1. The molecule has 0 radical (unpaired) electrons. The number of hydrogen-bond acceptors (Lipinski definition) is 4. The summed E-state index contributed by atoms with van der Waals surface area (Å²) in [5, 5.41) is 2.74. The number of anilines is 1. The van der Waals surface area contributed by atoms with Gasteiger partial charge in [-0.1, -0.05) is 24.3 Å². The number of ether oxygens (including phenoxy) is 1. The second kappa shape index (κ2) is 7.83. The Morgan fingerprint density at radius 1 is 1.12 bits per heavy atom. The Morgan fingerprint density at radius 3 is 2.50 bits per heavy atom. The van der Waals surface area contributed by atoms with Crippen LogP contribution in [0.25, 0.3) is 0 Å². The van der Waals surface area contributed by atoms with Crippen molar-refractivity contribution in [2.75, 3.05) is 24.1 Å². The van der Waals surface area contributed by atoms with Gasteiger partial charge in [0.25, 0.3) is 5.91 Å². The predicted molar refractivity (Wildman–Crippen MR) is 93.9 cm³/mol. The zero-order chi connectivity index (χ0) is 17.6. The van der Waals surface area contributed by atoms with Crippen LogP contribution in [0.3, 0.4) is 0 Å². The lowest BCUT2D eigenvalue weighted by molar-refractivity contribution is 0.0947. The number of carbonyl (C=O) groups excluding carboxylic acids is 1. The average molecular weight is 348 g/mol. The van der Waals surface area contributed by atoms with Crippen molar-refractivity contribution in [1.29, 1.82) is 0 Å². The van der Waals surface area contributed by atoms with Crippen LogP contribution in [0, 0.1) is 6.92 Å². The van der Waals surface area contributed by atoms with Crippen LogP contribution in [0.5, 0.6) is 5.75 Å². The van der Waals surface area contributed by atoms with Gasteiger partial charge in [0.1, 0.15) is 12.4 Å². The molecule has 0 unspecified atom stereocenters. The molecule has 0 atom stereocenters. The van der Waals surface area contributed by atoms with Crippen LogP contribution in [0.4, 0.5) is 5.69 Å². The van der Waals surface area contributed by atoms with Crippen molar-refractivity contribution in [3.05, 3.63) is 59.7 Å². The summed E-state index contributed by atoms with van der Waals surface area (Å²) in [6, 6.07) is 14.2. The Kier molecular flexibility index (Phi) is 5.81. The fraction of sp³-hybridized carbons (Fsp3) is 0.235. The van der Waals surface area contributed by atoms with E-state index in [1.165, 1.54) is 6.07 Å². The van der Waals surface area contributed by atoms with Gasteiger partial charge in [-0.25, -0.2) is 8.42 Å². The lowest BCUT2D eigenvalue weighted by Gasteiger charge is -2.11. The van der Waals surface area contributed by atoms with Gasteiger partial charge >= 0.3 is 0 Å². The van der Waals surface area contributed by atoms with Crippen LogP contribution in [0.2, 0.25) is 0 Å². The number of hydrogen-bond donors (Lipinski definition) is 2. The third kappa shape index (κ3) is 5.58.